The highest BCUT2D eigenvalue weighted by molar-refractivity contribution is 6.24. The Morgan fingerprint density at radius 1 is 1.31 bits per heavy atom. The Morgan fingerprint density at radius 2 is 2.06 bits per heavy atom. The molecule has 1 aliphatic rings. The number of benzene rings is 1. The number of aromatic hydroxyl groups is 1. The fraction of sp³-hybridized carbons (Fsp3) is 0.391. The Bertz CT molecular complexity index is 1420. The molecule has 4 N–H and O–H groups in total. The van der Waals surface area contributed by atoms with Crippen molar-refractivity contribution < 1.29 is 23.4 Å². The zero-order valence-electron chi connectivity index (χ0n) is 19.5. The van der Waals surface area contributed by atoms with Crippen molar-refractivity contribution in [3.8, 4) is 22.9 Å². The van der Waals surface area contributed by atoms with Crippen molar-refractivity contribution in [2.45, 2.75) is 37.6 Å². The van der Waals surface area contributed by atoms with Crippen molar-refractivity contribution in [1.29, 1.82) is 0 Å². The zero-order valence-corrected chi connectivity index (χ0v) is 20.3. The molecule has 3 heterocycles. The third-order valence-electron chi connectivity index (χ3n) is 5.47. The molecule has 1 aromatic carbocycles. The van der Waals surface area contributed by atoms with Gasteiger partial charge >= 0.3 is 0 Å². The molecule has 2 aromatic heterocycles. The van der Waals surface area contributed by atoms with E-state index in [0.717, 1.165) is 12.1 Å². The Labute approximate surface area is 204 Å². The van der Waals surface area contributed by atoms with E-state index in [1.165, 1.54) is 27.0 Å². The molecule has 0 aliphatic carbocycles. The monoisotopic (exact) mass is 506 g/mol. The van der Waals surface area contributed by atoms with E-state index in [9.17, 15) is 18.7 Å². The third kappa shape index (κ3) is 5.14. The summed E-state index contributed by atoms with van der Waals surface area (Å²) in [4.78, 5) is 29.5. The van der Waals surface area contributed by atoms with Crippen molar-refractivity contribution >= 4 is 40.3 Å². The molecule has 186 valence electrons. The second kappa shape index (κ2) is 8.95. The van der Waals surface area contributed by atoms with E-state index in [2.05, 4.69) is 30.6 Å². The number of ether oxygens (including phenoxy) is 1. The van der Waals surface area contributed by atoms with Gasteiger partial charge in [0.05, 0.1) is 31.1 Å². The molecule has 0 bridgehead atoms. The van der Waals surface area contributed by atoms with Crippen LogP contribution < -0.4 is 26.1 Å². The van der Waals surface area contributed by atoms with Crippen LogP contribution in [-0.2, 0) is 4.79 Å². The number of halogens is 3. The summed E-state index contributed by atoms with van der Waals surface area (Å²) < 4.78 is 31.8. The summed E-state index contributed by atoms with van der Waals surface area (Å²) >= 11 is 6.27. The highest BCUT2D eigenvalue weighted by atomic mass is 35.5. The molecule has 12 heteroatoms. The van der Waals surface area contributed by atoms with Gasteiger partial charge in [-0.05, 0) is 19.9 Å². The van der Waals surface area contributed by atoms with Crippen LogP contribution in [-0.4, -0.2) is 63.0 Å². The first-order chi connectivity index (χ1) is 16.4. The lowest BCUT2D eigenvalue weighted by molar-refractivity contribution is -0.126. The SMILES string of the molecule is COc1cc2nc(-c3c[nH]c4c3=CC(Cl)CN=4)nc(NC(C)(C)C(=O)NCC(C)(F)F)c2cc1O. The number of hydrogen-bond acceptors (Lipinski definition) is 7. The summed E-state index contributed by atoms with van der Waals surface area (Å²) in [7, 11) is 1.42. The summed E-state index contributed by atoms with van der Waals surface area (Å²) in [5.74, 6) is -3.13. The van der Waals surface area contributed by atoms with Crippen molar-refractivity contribution in [3.63, 3.8) is 0 Å². The van der Waals surface area contributed by atoms with E-state index >= 15 is 0 Å². The minimum absolute atomic E-state index is 0.150. The van der Waals surface area contributed by atoms with Gasteiger partial charge in [0, 0.05) is 35.4 Å². The van der Waals surface area contributed by atoms with Crippen LogP contribution in [0.15, 0.2) is 23.3 Å². The molecule has 4 rings (SSSR count). The first-order valence-corrected chi connectivity index (χ1v) is 11.2. The van der Waals surface area contributed by atoms with E-state index in [1.807, 2.05) is 6.08 Å². The maximum absolute atomic E-state index is 13.3. The second-order valence-electron chi connectivity index (χ2n) is 8.93. The number of rotatable bonds is 7. The topological polar surface area (TPSA) is 125 Å². The number of carbonyl (C=O) groups is 1. The predicted molar refractivity (Wildman–Crippen MR) is 129 cm³/mol. The van der Waals surface area contributed by atoms with Gasteiger partial charge in [-0.3, -0.25) is 9.79 Å². The van der Waals surface area contributed by atoms with Crippen molar-refractivity contribution in [2.24, 2.45) is 4.99 Å². The number of nitrogens with zero attached hydrogens (tertiary/aromatic N) is 3. The lowest BCUT2D eigenvalue weighted by Gasteiger charge is -2.27. The van der Waals surface area contributed by atoms with Crippen LogP contribution in [0.5, 0.6) is 11.5 Å². The largest absolute Gasteiger partial charge is 0.504 e. The van der Waals surface area contributed by atoms with E-state index in [1.54, 1.807) is 12.3 Å². The molecule has 1 aliphatic heterocycles. The van der Waals surface area contributed by atoms with Crippen LogP contribution >= 0.6 is 11.6 Å². The van der Waals surface area contributed by atoms with Crippen molar-refractivity contribution in [2.75, 3.05) is 25.5 Å². The van der Waals surface area contributed by atoms with Crippen LogP contribution in [0.4, 0.5) is 14.6 Å². The number of alkyl halides is 3. The van der Waals surface area contributed by atoms with E-state index in [0.29, 0.717) is 34.3 Å². The summed E-state index contributed by atoms with van der Waals surface area (Å²) in [6, 6.07) is 2.96. The van der Waals surface area contributed by atoms with E-state index in [-0.39, 0.29) is 22.7 Å². The number of fused-ring (bicyclic) bond motifs is 2. The number of hydrogen-bond donors (Lipinski definition) is 4. The highest BCUT2D eigenvalue weighted by Crippen LogP contribution is 2.35. The fourth-order valence-corrected chi connectivity index (χ4v) is 3.85. The van der Waals surface area contributed by atoms with Crippen LogP contribution in [0.25, 0.3) is 28.4 Å². The quantitative estimate of drug-likeness (QED) is 0.365. The van der Waals surface area contributed by atoms with Gasteiger partial charge in [-0.25, -0.2) is 18.7 Å². The van der Waals surface area contributed by atoms with Crippen LogP contribution in [0.1, 0.15) is 20.8 Å². The summed E-state index contributed by atoms with van der Waals surface area (Å²) in [5, 5.41) is 16.5. The lowest BCUT2D eigenvalue weighted by atomic mass is 10.0. The molecule has 1 amide bonds. The smallest absolute Gasteiger partial charge is 0.262 e. The van der Waals surface area contributed by atoms with E-state index in [4.69, 9.17) is 16.3 Å². The molecular weight excluding hydrogens is 482 g/mol. The molecule has 0 spiro atoms. The first-order valence-electron chi connectivity index (χ1n) is 10.8. The Morgan fingerprint density at radius 3 is 2.74 bits per heavy atom. The first kappa shape index (κ1) is 24.6. The number of phenols is 1. The summed E-state index contributed by atoms with van der Waals surface area (Å²) in [5.41, 5.74) is 0.380. The fourth-order valence-electron chi connectivity index (χ4n) is 3.65. The second-order valence-corrected chi connectivity index (χ2v) is 9.49. The lowest BCUT2D eigenvalue weighted by Crippen LogP contribution is -2.50. The number of phenolic OH excluding ortho intramolecular Hbond substituents is 1. The van der Waals surface area contributed by atoms with Crippen LogP contribution in [0.3, 0.4) is 0 Å². The number of anilines is 1. The molecule has 0 radical (unpaired) electrons. The maximum atomic E-state index is 13.3. The molecule has 0 fully saturated rings. The van der Waals surface area contributed by atoms with Gasteiger partial charge in [-0.2, -0.15) is 0 Å². The number of methoxy groups -OCH3 is 1. The van der Waals surface area contributed by atoms with Gasteiger partial charge < -0.3 is 25.5 Å². The van der Waals surface area contributed by atoms with Crippen molar-refractivity contribution in [1.82, 2.24) is 20.3 Å². The molecule has 0 saturated heterocycles. The van der Waals surface area contributed by atoms with Gasteiger partial charge in [-0.1, -0.05) is 6.08 Å². The molecule has 3 aromatic rings. The highest BCUT2D eigenvalue weighted by Gasteiger charge is 2.32. The molecule has 9 nitrogen and oxygen atoms in total. The van der Waals surface area contributed by atoms with E-state index < -0.39 is 23.9 Å². The number of nitrogens with one attached hydrogen (secondary N) is 3. The van der Waals surface area contributed by atoms with Gasteiger partial charge in [0.25, 0.3) is 5.92 Å². The van der Waals surface area contributed by atoms with Gasteiger partial charge in [0.15, 0.2) is 17.3 Å². The van der Waals surface area contributed by atoms with Gasteiger partial charge in [0.2, 0.25) is 5.91 Å². The van der Waals surface area contributed by atoms with Crippen molar-refractivity contribution in [3.05, 3.63) is 29.0 Å². The van der Waals surface area contributed by atoms with Gasteiger partial charge in [0.1, 0.15) is 16.8 Å². The Balaban J connectivity index is 1.84. The number of carbonyl (C=O) groups excluding carboxylic acids is 1. The van der Waals surface area contributed by atoms with Gasteiger partial charge in [-0.15, -0.1) is 11.6 Å². The maximum Gasteiger partial charge on any atom is 0.262 e. The third-order valence-corrected chi connectivity index (χ3v) is 5.73. The summed E-state index contributed by atoms with van der Waals surface area (Å²) in [6.07, 6.45) is 3.57. The molecule has 1 unspecified atom stereocenters. The number of aromatic nitrogens is 3. The predicted octanol–water partition coefficient (Wildman–Crippen LogP) is 2.32. The minimum Gasteiger partial charge on any atom is -0.504 e. The Hall–Kier alpha value is -3.47. The molecule has 1 atom stereocenters. The number of H-pyrrole nitrogens is 1. The molecule has 0 saturated carbocycles. The van der Waals surface area contributed by atoms with Crippen LogP contribution in [0.2, 0.25) is 0 Å². The average Bonchev–Trinajstić information content (AvgIpc) is 3.19. The zero-order chi connectivity index (χ0) is 25.5. The summed E-state index contributed by atoms with van der Waals surface area (Å²) in [6.45, 7) is 3.43. The normalized spacial score (nSPS) is 15.7. The standard InChI is InChI=1S/C23H25ClF2N6O3/c1-22(2,21(34)29-10-23(3,25)26)32-20-13-6-16(33)17(35-4)7-15(13)30-19(31-20)14-9-28-18-12(14)5-11(24)8-27-18/h5-7,9,11,33H,8,10H2,1-4H3,(H,27,28)(H,29,34)(H,30,31,32). The van der Waals surface area contributed by atoms with Crippen LogP contribution in [0, 0.1) is 0 Å². The minimum atomic E-state index is -3.06. The number of amides is 1. The molecular formula is C23H25ClF2N6O3. The molecule has 35 heavy (non-hydrogen) atoms. The Kier molecular flexibility index (Phi) is 6.31. The average molecular weight is 507 g/mol. The number of aromatic amines is 1.